The van der Waals surface area contributed by atoms with Gasteiger partial charge in [-0.1, -0.05) is 0 Å². The van der Waals surface area contributed by atoms with Crippen molar-refractivity contribution >= 4 is 10.9 Å². The third-order valence-corrected chi connectivity index (χ3v) is 3.21. The molecule has 1 N–H and O–H groups in total. The summed E-state index contributed by atoms with van der Waals surface area (Å²) < 4.78 is 19.0. The number of rotatable bonds is 1. The molecule has 1 aliphatic rings. The highest BCUT2D eigenvalue weighted by molar-refractivity contribution is 5.80. The van der Waals surface area contributed by atoms with Gasteiger partial charge >= 0.3 is 5.69 Å². The van der Waals surface area contributed by atoms with Gasteiger partial charge in [0.05, 0.1) is 17.3 Å². The van der Waals surface area contributed by atoms with Crippen molar-refractivity contribution in [3.05, 3.63) is 40.2 Å². The van der Waals surface area contributed by atoms with Crippen LogP contribution in [0.3, 0.4) is 0 Å². The van der Waals surface area contributed by atoms with Gasteiger partial charge in [0, 0.05) is 12.0 Å². The largest absolute Gasteiger partial charge is 0.372 e. The molecule has 18 heavy (non-hydrogen) atoms. The maximum Gasteiger partial charge on any atom is 0.345 e. The van der Waals surface area contributed by atoms with Crippen LogP contribution in [0.15, 0.2) is 23.0 Å². The van der Waals surface area contributed by atoms with Crippen molar-refractivity contribution in [3.8, 4) is 0 Å². The number of ether oxygens (including phenoxy) is 1. The fourth-order valence-electron chi connectivity index (χ4n) is 2.36. The lowest BCUT2D eigenvalue weighted by molar-refractivity contribution is 0.0131. The summed E-state index contributed by atoms with van der Waals surface area (Å²) in [5.41, 5.74) is 0.729. The van der Waals surface area contributed by atoms with Crippen molar-refractivity contribution in [3.63, 3.8) is 0 Å². The Kier molecular flexibility index (Phi) is 2.83. The highest BCUT2D eigenvalue weighted by atomic mass is 19.1. The second-order valence-corrected chi connectivity index (χ2v) is 4.47. The van der Waals surface area contributed by atoms with Crippen LogP contribution in [0.25, 0.3) is 10.9 Å². The molecule has 0 amide bonds. The number of nitrogens with one attached hydrogen (secondary N) is 1. The van der Waals surface area contributed by atoms with E-state index in [0.717, 1.165) is 19.3 Å². The van der Waals surface area contributed by atoms with E-state index in [4.69, 9.17) is 4.74 Å². The molecule has 0 aliphatic carbocycles. The van der Waals surface area contributed by atoms with Gasteiger partial charge < -0.3 is 9.72 Å². The first-order chi connectivity index (χ1) is 8.74. The standard InChI is InChI=1S/C13H13FN2O2/c14-8-4-5-10-9(7-8)12(16-13(17)15-10)11-3-1-2-6-18-11/h4-5,7,11H,1-3,6H2,(H,15,16,17). The van der Waals surface area contributed by atoms with E-state index in [-0.39, 0.29) is 11.9 Å². The molecule has 1 unspecified atom stereocenters. The Morgan fingerprint density at radius 1 is 1.39 bits per heavy atom. The average Bonchev–Trinajstić information content (AvgIpc) is 2.39. The minimum atomic E-state index is -0.418. The summed E-state index contributed by atoms with van der Waals surface area (Å²) in [6.07, 6.45) is 2.74. The van der Waals surface area contributed by atoms with Gasteiger partial charge in [-0.15, -0.1) is 0 Å². The van der Waals surface area contributed by atoms with Crippen LogP contribution in [-0.2, 0) is 4.74 Å². The van der Waals surface area contributed by atoms with Crippen molar-refractivity contribution < 1.29 is 9.13 Å². The number of hydrogen-bond donors (Lipinski definition) is 1. The Hall–Kier alpha value is -1.75. The van der Waals surface area contributed by atoms with Gasteiger partial charge in [-0.2, -0.15) is 4.98 Å². The van der Waals surface area contributed by atoms with Gasteiger partial charge in [0.25, 0.3) is 0 Å². The van der Waals surface area contributed by atoms with E-state index in [2.05, 4.69) is 9.97 Å². The summed E-state index contributed by atoms with van der Waals surface area (Å²) in [7, 11) is 0. The van der Waals surface area contributed by atoms with E-state index in [0.29, 0.717) is 23.2 Å². The molecule has 2 aromatic rings. The molecule has 1 aliphatic heterocycles. The lowest BCUT2D eigenvalue weighted by Crippen LogP contribution is -2.19. The molecule has 94 valence electrons. The van der Waals surface area contributed by atoms with Crippen molar-refractivity contribution in [1.82, 2.24) is 9.97 Å². The molecule has 1 atom stereocenters. The van der Waals surface area contributed by atoms with Gasteiger partial charge in [0.15, 0.2) is 0 Å². The molecule has 0 radical (unpaired) electrons. The number of aromatic amines is 1. The van der Waals surface area contributed by atoms with Gasteiger partial charge in [-0.3, -0.25) is 0 Å². The summed E-state index contributed by atoms with van der Waals surface area (Å²) in [4.78, 5) is 18.0. The maximum atomic E-state index is 13.3. The number of halogens is 1. The van der Waals surface area contributed by atoms with Gasteiger partial charge in [0.2, 0.25) is 0 Å². The predicted molar refractivity (Wildman–Crippen MR) is 64.9 cm³/mol. The molecule has 0 spiro atoms. The molecule has 0 saturated carbocycles. The van der Waals surface area contributed by atoms with E-state index in [1.807, 2.05) is 0 Å². The molecule has 1 saturated heterocycles. The summed E-state index contributed by atoms with van der Waals surface area (Å²) in [6, 6.07) is 4.22. The summed E-state index contributed by atoms with van der Waals surface area (Å²) >= 11 is 0. The Morgan fingerprint density at radius 2 is 2.28 bits per heavy atom. The van der Waals surface area contributed by atoms with E-state index in [1.54, 1.807) is 0 Å². The van der Waals surface area contributed by atoms with E-state index in [1.165, 1.54) is 18.2 Å². The van der Waals surface area contributed by atoms with Crippen LogP contribution in [0, 0.1) is 5.82 Å². The van der Waals surface area contributed by atoms with E-state index >= 15 is 0 Å². The van der Waals surface area contributed by atoms with Gasteiger partial charge in [0.1, 0.15) is 5.82 Å². The summed E-state index contributed by atoms with van der Waals surface area (Å²) in [5, 5.41) is 0.626. The van der Waals surface area contributed by atoms with Crippen LogP contribution in [0.1, 0.15) is 31.1 Å². The fourth-order valence-corrected chi connectivity index (χ4v) is 2.36. The molecule has 2 heterocycles. The highest BCUT2D eigenvalue weighted by Gasteiger charge is 2.20. The van der Waals surface area contributed by atoms with Gasteiger partial charge in [-0.05, 0) is 37.5 Å². The number of hydrogen-bond acceptors (Lipinski definition) is 3. The molecular formula is C13H13FN2O2. The Morgan fingerprint density at radius 3 is 3.06 bits per heavy atom. The maximum absolute atomic E-state index is 13.3. The van der Waals surface area contributed by atoms with Crippen molar-refractivity contribution in [2.45, 2.75) is 25.4 Å². The summed E-state index contributed by atoms with van der Waals surface area (Å²) in [5.74, 6) is -0.339. The monoisotopic (exact) mass is 248 g/mol. The highest BCUT2D eigenvalue weighted by Crippen LogP contribution is 2.30. The summed E-state index contributed by atoms with van der Waals surface area (Å²) in [6.45, 7) is 0.672. The third kappa shape index (κ3) is 2.01. The van der Waals surface area contributed by atoms with Crippen molar-refractivity contribution in [1.29, 1.82) is 0 Å². The molecule has 5 heteroatoms. The molecular weight excluding hydrogens is 235 g/mol. The zero-order chi connectivity index (χ0) is 12.5. The topological polar surface area (TPSA) is 55.0 Å². The predicted octanol–water partition coefficient (Wildman–Crippen LogP) is 2.30. The van der Waals surface area contributed by atoms with Gasteiger partial charge in [-0.25, -0.2) is 9.18 Å². The first-order valence-corrected chi connectivity index (χ1v) is 6.05. The van der Waals surface area contributed by atoms with Crippen LogP contribution in [0.4, 0.5) is 4.39 Å². The first-order valence-electron chi connectivity index (χ1n) is 6.05. The van der Waals surface area contributed by atoms with Crippen LogP contribution < -0.4 is 5.69 Å². The third-order valence-electron chi connectivity index (χ3n) is 3.21. The lowest BCUT2D eigenvalue weighted by Gasteiger charge is -2.23. The normalized spacial score (nSPS) is 20.2. The lowest BCUT2D eigenvalue weighted by atomic mass is 10.0. The number of H-pyrrole nitrogens is 1. The smallest absolute Gasteiger partial charge is 0.345 e. The number of fused-ring (bicyclic) bond motifs is 1. The van der Waals surface area contributed by atoms with Crippen LogP contribution in [-0.4, -0.2) is 16.6 Å². The molecule has 4 nitrogen and oxygen atoms in total. The second kappa shape index (κ2) is 4.49. The minimum absolute atomic E-state index is 0.168. The molecule has 0 bridgehead atoms. The molecule has 3 rings (SSSR count). The Labute approximate surface area is 103 Å². The second-order valence-electron chi connectivity index (χ2n) is 4.47. The van der Waals surface area contributed by atoms with Crippen molar-refractivity contribution in [2.75, 3.05) is 6.61 Å². The SMILES string of the molecule is O=c1nc2ccc(F)cc2c(C2CCCCO2)[nH]1. The number of nitrogens with zero attached hydrogens (tertiary/aromatic N) is 1. The first kappa shape index (κ1) is 11.3. The van der Waals surface area contributed by atoms with E-state index < -0.39 is 5.69 Å². The fraction of sp³-hybridized carbons (Fsp3) is 0.385. The zero-order valence-electron chi connectivity index (χ0n) is 9.78. The molecule has 1 aromatic heterocycles. The Balaban J connectivity index is 2.19. The number of benzene rings is 1. The van der Waals surface area contributed by atoms with Crippen molar-refractivity contribution in [2.24, 2.45) is 0 Å². The minimum Gasteiger partial charge on any atom is -0.372 e. The average molecular weight is 248 g/mol. The zero-order valence-corrected chi connectivity index (χ0v) is 9.78. The quantitative estimate of drug-likeness (QED) is 0.842. The number of aromatic nitrogens is 2. The van der Waals surface area contributed by atoms with Crippen LogP contribution >= 0.6 is 0 Å². The van der Waals surface area contributed by atoms with Crippen LogP contribution in [0.2, 0.25) is 0 Å². The van der Waals surface area contributed by atoms with E-state index in [9.17, 15) is 9.18 Å². The molecule has 1 fully saturated rings. The molecule has 1 aromatic carbocycles. The van der Waals surface area contributed by atoms with Crippen LogP contribution in [0.5, 0.6) is 0 Å². The Bertz CT molecular complexity index is 632.